The van der Waals surface area contributed by atoms with E-state index >= 15 is 0 Å². The number of halogens is 1. The third-order valence-electron chi connectivity index (χ3n) is 5.72. The maximum absolute atomic E-state index is 12.9. The summed E-state index contributed by atoms with van der Waals surface area (Å²) in [5.74, 6) is -0.0428. The van der Waals surface area contributed by atoms with Crippen molar-refractivity contribution in [3.05, 3.63) is 63.4 Å². The molecular formula is C23H23ClO3. The van der Waals surface area contributed by atoms with Gasteiger partial charge in [-0.05, 0) is 86.1 Å². The molecule has 1 fully saturated rings. The average Bonchev–Trinajstić information content (AvgIpc) is 2.96. The molecule has 140 valence electrons. The van der Waals surface area contributed by atoms with Gasteiger partial charge in [0.15, 0.2) is 5.78 Å². The second kappa shape index (κ2) is 6.22. The summed E-state index contributed by atoms with van der Waals surface area (Å²) >= 11 is 6.23. The topological polar surface area (TPSA) is 46.5 Å². The maximum atomic E-state index is 12.9. The molecule has 0 amide bonds. The van der Waals surface area contributed by atoms with E-state index in [0.29, 0.717) is 23.4 Å². The number of fused-ring (bicyclic) bond motifs is 2. The van der Waals surface area contributed by atoms with Gasteiger partial charge in [-0.25, -0.2) is 0 Å². The van der Waals surface area contributed by atoms with Crippen molar-refractivity contribution in [2.75, 3.05) is 0 Å². The van der Waals surface area contributed by atoms with E-state index in [0.717, 1.165) is 33.4 Å². The van der Waals surface area contributed by atoms with Gasteiger partial charge in [-0.2, -0.15) is 0 Å². The normalized spacial score (nSPS) is 24.6. The van der Waals surface area contributed by atoms with Crippen molar-refractivity contribution in [3.8, 4) is 11.1 Å². The second-order valence-electron chi connectivity index (χ2n) is 7.97. The molecule has 27 heavy (non-hydrogen) atoms. The lowest BCUT2D eigenvalue weighted by Gasteiger charge is -2.31. The van der Waals surface area contributed by atoms with Gasteiger partial charge in [-0.15, -0.1) is 0 Å². The molecule has 0 radical (unpaired) electrons. The van der Waals surface area contributed by atoms with E-state index in [-0.39, 0.29) is 11.5 Å². The summed E-state index contributed by atoms with van der Waals surface area (Å²) in [5.41, 5.74) is 5.60. The summed E-state index contributed by atoms with van der Waals surface area (Å²) in [5, 5.41) is 11.6. The van der Waals surface area contributed by atoms with Crippen LogP contribution < -0.4 is 0 Å². The molecular weight excluding hydrogens is 360 g/mol. The van der Waals surface area contributed by atoms with Crippen molar-refractivity contribution in [1.82, 2.24) is 0 Å². The first-order valence-electron chi connectivity index (χ1n) is 9.24. The molecule has 4 rings (SSSR count). The molecule has 2 atom stereocenters. The minimum absolute atomic E-state index is 0.0683. The largest absolute Gasteiger partial charge is 0.508 e. The Hall–Kier alpha value is -2.10. The SMILES string of the molecule is Cc1cc(Cl)cc(-c2cc(C)c(C3=C(O)C4(C)CCC(O4)C3=O)c(C)c2)c1. The van der Waals surface area contributed by atoms with E-state index in [9.17, 15) is 9.90 Å². The fraction of sp³-hybridized carbons (Fsp3) is 0.348. The lowest BCUT2D eigenvalue weighted by molar-refractivity contribution is -0.130. The number of rotatable bonds is 2. The molecule has 3 nitrogen and oxygen atoms in total. The van der Waals surface area contributed by atoms with Gasteiger partial charge in [0.1, 0.15) is 17.5 Å². The fourth-order valence-corrected chi connectivity index (χ4v) is 4.70. The highest BCUT2D eigenvalue weighted by Gasteiger charge is 2.50. The van der Waals surface area contributed by atoms with E-state index in [4.69, 9.17) is 16.3 Å². The Bertz CT molecular complexity index is 961. The number of carbonyl (C=O) groups excluding carboxylic acids is 1. The summed E-state index contributed by atoms with van der Waals surface area (Å²) < 4.78 is 5.79. The van der Waals surface area contributed by atoms with Gasteiger partial charge in [0.2, 0.25) is 0 Å². The molecule has 0 spiro atoms. The minimum Gasteiger partial charge on any atom is -0.508 e. The molecule has 2 aliphatic rings. The highest BCUT2D eigenvalue weighted by molar-refractivity contribution is 6.31. The van der Waals surface area contributed by atoms with Crippen molar-refractivity contribution in [2.45, 2.75) is 52.2 Å². The summed E-state index contributed by atoms with van der Waals surface area (Å²) in [6, 6.07) is 10.1. The minimum atomic E-state index is -0.754. The van der Waals surface area contributed by atoms with Crippen LogP contribution in [0.15, 0.2) is 36.1 Å². The van der Waals surface area contributed by atoms with Crippen LogP contribution in [-0.4, -0.2) is 22.6 Å². The van der Waals surface area contributed by atoms with E-state index in [1.165, 1.54) is 0 Å². The monoisotopic (exact) mass is 382 g/mol. The Morgan fingerprint density at radius 3 is 2.33 bits per heavy atom. The standard InChI is InChI=1S/C23H23ClO3/c1-12-7-15(11-17(24)8-12)16-9-13(2)19(14(3)10-16)20-21(25)18-5-6-23(4,27-18)22(20)26/h7-11,18,26H,5-6H2,1-4H3. The molecule has 0 aromatic heterocycles. The Balaban J connectivity index is 1.87. The van der Waals surface area contributed by atoms with Gasteiger partial charge in [-0.1, -0.05) is 29.8 Å². The van der Waals surface area contributed by atoms with Crippen molar-refractivity contribution in [3.63, 3.8) is 0 Å². The second-order valence-corrected chi connectivity index (χ2v) is 8.40. The van der Waals surface area contributed by atoms with Crippen LogP contribution in [0.3, 0.4) is 0 Å². The van der Waals surface area contributed by atoms with Gasteiger partial charge >= 0.3 is 0 Å². The van der Waals surface area contributed by atoms with Crippen LogP contribution in [0.4, 0.5) is 0 Å². The molecule has 2 aromatic rings. The van der Waals surface area contributed by atoms with Gasteiger partial charge in [0.25, 0.3) is 0 Å². The number of aliphatic hydroxyl groups is 1. The molecule has 1 N–H and O–H groups in total. The molecule has 0 saturated carbocycles. The van der Waals surface area contributed by atoms with E-state index in [1.54, 1.807) is 0 Å². The quantitative estimate of drug-likeness (QED) is 0.722. The highest BCUT2D eigenvalue weighted by Crippen LogP contribution is 2.46. The highest BCUT2D eigenvalue weighted by atomic mass is 35.5. The predicted molar refractivity (Wildman–Crippen MR) is 108 cm³/mol. The number of ketones is 1. The van der Waals surface area contributed by atoms with Gasteiger partial charge in [-0.3, -0.25) is 4.79 Å². The first kappa shape index (κ1) is 18.3. The van der Waals surface area contributed by atoms with Crippen LogP contribution in [0, 0.1) is 20.8 Å². The number of hydrogen-bond acceptors (Lipinski definition) is 3. The van der Waals surface area contributed by atoms with Crippen molar-refractivity contribution in [2.24, 2.45) is 0 Å². The number of benzene rings is 2. The molecule has 2 aromatic carbocycles. The Kier molecular flexibility index (Phi) is 4.21. The van der Waals surface area contributed by atoms with E-state index in [1.807, 2.05) is 39.8 Å². The lowest BCUT2D eigenvalue weighted by atomic mass is 9.85. The van der Waals surface area contributed by atoms with Gasteiger partial charge in [0, 0.05) is 5.02 Å². The van der Waals surface area contributed by atoms with Gasteiger partial charge < -0.3 is 9.84 Å². The molecule has 2 bridgehead atoms. The summed E-state index contributed by atoms with van der Waals surface area (Å²) in [4.78, 5) is 12.9. The van der Waals surface area contributed by atoms with Crippen LogP contribution >= 0.6 is 11.6 Å². The Morgan fingerprint density at radius 1 is 1.07 bits per heavy atom. The van der Waals surface area contributed by atoms with Crippen LogP contribution in [0.25, 0.3) is 16.7 Å². The number of aryl methyl sites for hydroxylation is 3. The summed E-state index contributed by atoms with van der Waals surface area (Å²) in [6.07, 6.45) is 0.868. The molecule has 2 aliphatic heterocycles. The van der Waals surface area contributed by atoms with Crippen molar-refractivity contribution in [1.29, 1.82) is 0 Å². The number of hydrogen-bond donors (Lipinski definition) is 1. The summed E-state index contributed by atoms with van der Waals surface area (Å²) in [6.45, 7) is 7.85. The Morgan fingerprint density at radius 2 is 1.70 bits per heavy atom. The van der Waals surface area contributed by atoms with Crippen LogP contribution in [0.5, 0.6) is 0 Å². The first-order valence-corrected chi connectivity index (χ1v) is 9.62. The van der Waals surface area contributed by atoms with E-state index < -0.39 is 11.7 Å². The molecule has 2 heterocycles. The molecule has 2 unspecified atom stereocenters. The smallest absolute Gasteiger partial charge is 0.195 e. The van der Waals surface area contributed by atoms with Crippen LogP contribution in [0.2, 0.25) is 5.02 Å². The van der Waals surface area contributed by atoms with E-state index in [2.05, 4.69) is 18.2 Å². The van der Waals surface area contributed by atoms with Crippen LogP contribution in [-0.2, 0) is 9.53 Å². The number of Topliss-reactive ketones (excluding diaryl/α,β-unsaturated/α-hetero) is 1. The molecule has 0 aliphatic carbocycles. The third kappa shape index (κ3) is 2.90. The zero-order valence-electron chi connectivity index (χ0n) is 16.0. The molecule has 1 saturated heterocycles. The van der Waals surface area contributed by atoms with Crippen molar-refractivity contribution < 1.29 is 14.6 Å². The van der Waals surface area contributed by atoms with Crippen LogP contribution in [0.1, 0.15) is 42.0 Å². The number of ether oxygens (including phenoxy) is 1. The van der Waals surface area contributed by atoms with Gasteiger partial charge in [0.05, 0.1) is 5.57 Å². The lowest BCUT2D eigenvalue weighted by Crippen LogP contribution is -2.38. The zero-order chi connectivity index (χ0) is 19.5. The maximum Gasteiger partial charge on any atom is 0.195 e. The number of aliphatic hydroxyl groups excluding tert-OH is 1. The number of carbonyl (C=O) groups is 1. The predicted octanol–water partition coefficient (Wildman–Crippen LogP) is 5.72. The fourth-order valence-electron chi connectivity index (χ4n) is 4.41. The third-order valence-corrected chi connectivity index (χ3v) is 5.94. The van der Waals surface area contributed by atoms with Crippen molar-refractivity contribution >= 4 is 23.0 Å². The first-order chi connectivity index (χ1) is 12.7. The Labute approximate surface area is 164 Å². The summed E-state index contributed by atoms with van der Waals surface area (Å²) in [7, 11) is 0. The average molecular weight is 383 g/mol. The zero-order valence-corrected chi connectivity index (χ0v) is 16.8. The molecule has 4 heteroatoms.